The third kappa shape index (κ3) is 5.39. The minimum absolute atomic E-state index is 0. The molecule has 1 aliphatic heterocycles. The van der Waals surface area contributed by atoms with E-state index in [9.17, 15) is 4.39 Å². The molecule has 25 heavy (non-hydrogen) atoms. The average Bonchev–Trinajstić information content (AvgIpc) is 3.09. The van der Waals surface area contributed by atoms with Crippen molar-refractivity contribution < 1.29 is 9.13 Å². The van der Waals surface area contributed by atoms with E-state index in [1.807, 2.05) is 6.07 Å². The molecule has 2 unspecified atom stereocenters. The number of ether oxygens (including phenoxy) is 1. The van der Waals surface area contributed by atoms with Gasteiger partial charge in [-0.1, -0.05) is 18.2 Å². The second-order valence-electron chi connectivity index (χ2n) is 5.87. The van der Waals surface area contributed by atoms with Crippen LogP contribution in [0.5, 0.6) is 0 Å². The summed E-state index contributed by atoms with van der Waals surface area (Å²) in [6.45, 7) is 4.29. The first-order chi connectivity index (χ1) is 11.7. The highest BCUT2D eigenvalue weighted by molar-refractivity contribution is 14.0. The predicted octanol–water partition coefficient (Wildman–Crippen LogP) is 4.04. The summed E-state index contributed by atoms with van der Waals surface area (Å²) in [7, 11) is 1.80. The fourth-order valence-corrected chi connectivity index (χ4v) is 3.54. The number of thiophene rings is 1. The van der Waals surface area contributed by atoms with Crippen LogP contribution in [0.15, 0.2) is 46.8 Å². The number of halogens is 2. The molecule has 0 bridgehead atoms. The summed E-state index contributed by atoms with van der Waals surface area (Å²) in [4.78, 5) is 7.88. The van der Waals surface area contributed by atoms with Gasteiger partial charge in [0.1, 0.15) is 11.9 Å². The van der Waals surface area contributed by atoms with Crippen molar-refractivity contribution in [1.82, 2.24) is 10.2 Å². The van der Waals surface area contributed by atoms with Gasteiger partial charge in [0.15, 0.2) is 5.96 Å². The highest BCUT2D eigenvalue weighted by Gasteiger charge is 2.28. The van der Waals surface area contributed by atoms with Gasteiger partial charge < -0.3 is 15.0 Å². The minimum Gasteiger partial charge on any atom is -0.367 e. The second kappa shape index (κ2) is 9.49. The van der Waals surface area contributed by atoms with E-state index in [-0.39, 0.29) is 42.0 Å². The lowest BCUT2D eigenvalue weighted by molar-refractivity contribution is -0.0605. The summed E-state index contributed by atoms with van der Waals surface area (Å²) in [6.07, 6.45) is -0.0104. The quantitative estimate of drug-likeness (QED) is 0.414. The second-order valence-corrected chi connectivity index (χ2v) is 6.90. The van der Waals surface area contributed by atoms with Crippen molar-refractivity contribution >= 4 is 41.3 Å². The maximum Gasteiger partial charge on any atom is 0.194 e. The summed E-state index contributed by atoms with van der Waals surface area (Å²) in [5.41, 5.74) is 0.988. The Kier molecular flexibility index (Phi) is 7.64. The van der Waals surface area contributed by atoms with Crippen LogP contribution >= 0.6 is 35.3 Å². The van der Waals surface area contributed by atoms with Gasteiger partial charge in [-0.15, -0.1) is 35.3 Å². The Morgan fingerprint density at radius 2 is 2.08 bits per heavy atom. The van der Waals surface area contributed by atoms with Crippen molar-refractivity contribution in [1.29, 1.82) is 0 Å². The number of hydrogen-bond donors (Lipinski definition) is 1. The summed E-state index contributed by atoms with van der Waals surface area (Å²) in [5.74, 6) is 0.638. The van der Waals surface area contributed by atoms with Gasteiger partial charge in [-0.3, -0.25) is 4.99 Å². The largest absolute Gasteiger partial charge is 0.367 e. The molecule has 0 saturated carbocycles. The molecule has 0 amide bonds. The molecular weight excluding hydrogens is 452 g/mol. The van der Waals surface area contributed by atoms with Crippen LogP contribution in [0, 0.1) is 5.82 Å². The number of nitrogens with zero attached hydrogens (tertiary/aromatic N) is 2. The monoisotopic (exact) mass is 475 g/mol. The fraction of sp³-hybridized carbons (Fsp3) is 0.389. The van der Waals surface area contributed by atoms with Gasteiger partial charge in [0.25, 0.3) is 0 Å². The molecule has 0 radical (unpaired) electrons. The number of hydrogen-bond acceptors (Lipinski definition) is 3. The van der Waals surface area contributed by atoms with Crippen LogP contribution in [0.1, 0.15) is 23.5 Å². The van der Waals surface area contributed by atoms with Gasteiger partial charge in [0, 0.05) is 18.5 Å². The molecule has 1 aromatic heterocycles. The third-order valence-corrected chi connectivity index (χ3v) is 4.89. The SMILES string of the molecule is CN=C(NCc1cccs1)N1CC(C)OC(c2ccc(F)cc2)C1.I. The van der Waals surface area contributed by atoms with Crippen molar-refractivity contribution in [2.45, 2.75) is 25.7 Å². The van der Waals surface area contributed by atoms with E-state index >= 15 is 0 Å². The standard InChI is InChI=1S/C18H22FN3OS.HI/c1-13-11-22(18(20-2)21-10-16-4-3-9-24-16)12-17(23-13)14-5-7-15(19)8-6-14;/h3-9,13,17H,10-12H2,1-2H3,(H,20,21);1H. The lowest BCUT2D eigenvalue weighted by atomic mass is 10.1. The van der Waals surface area contributed by atoms with Crippen LogP contribution in [0.25, 0.3) is 0 Å². The molecule has 0 aliphatic carbocycles. The van der Waals surface area contributed by atoms with E-state index in [4.69, 9.17) is 4.74 Å². The van der Waals surface area contributed by atoms with Crippen molar-refractivity contribution in [3.8, 4) is 0 Å². The highest BCUT2D eigenvalue weighted by Crippen LogP contribution is 2.25. The van der Waals surface area contributed by atoms with E-state index in [2.05, 4.69) is 33.6 Å². The van der Waals surface area contributed by atoms with Crippen molar-refractivity contribution in [3.63, 3.8) is 0 Å². The molecule has 7 heteroatoms. The van der Waals surface area contributed by atoms with Gasteiger partial charge in [-0.25, -0.2) is 4.39 Å². The van der Waals surface area contributed by atoms with Crippen LogP contribution < -0.4 is 5.32 Å². The maximum absolute atomic E-state index is 13.1. The molecule has 2 heterocycles. The number of nitrogens with one attached hydrogen (secondary N) is 1. The minimum atomic E-state index is -0.229. The Morgan fingerprint density at radius 3 is 2.72 bits per heavy atom. The summed E-state index contributed by atoms with van der Waals surface area (Å²) in [5, 5.41) is 5.48. The van der Waals surface area contributed by atoms with Gasteiger partial charge >= 0.3 is 0 Å². The van der Waals surface area contributed by atoms with E-state index < -0.39 is 0 Å². The molecule has 1 aromatic carbocycles. The zero-order valence-electron chi connectivity index (χ0n) is 14.3. The van der Waals surface area contributed by atoms with Crippen LogP contribution in [-0.4, -0.2) is 37.1 Å². The van der Waals surface area contributed by atoms with Crippen molar-refractivity contribution in [3.05, 3.63) is 58.0 Å². The van der Waals surface area contributed by atoms with Crippen LogP contribution in [0.4, 0.5) is 4.39 Å². The Hall–Kier alpha value is -1.19. The average molecular weight is 475 g/mol. The molecule has 2 aromatic rings. The lowest BCUT2D eigenvalue weighted by Crippen LogP contribution is -2.50. The zero-order chi connectivity index (χ0) is 16.9. The fourth-order valence-electron chi connectivity index (χ4n) is 2.90. The number of guanidine groups is 1. The Morgan fingerprint density at radius 1 is 1.32 bits per heavy atom. The van der Waals surface area contributed by atoms with Crippen molar-refractivity contribution in [2.75, 3.05) is 20.1 Å². The molecule has 3 rings (SSSR count). The van der Waals surface area contributed by atoms with Crippen LogP contribution in [0.3, 0.4) is 0 Å². The molecule has 2 atom stereocenters. The van der Waals surface area contributed by atoms with Gasteiger partial charge in [0.05, 0.1) is 19.2 Å². The maximum atomic E-state index is 13.1. The smallest absolute Gasteiger partial charge is 0.194 e. The molecule has 1 N–H and O–H groups in total. The van der Waals surface area contributed by atoms with Gasteiger partial charge in [-0.05, 0) is 36.1 Å². The Balaban J connectivity index is 0.00000225. The third-order valence-electron chi connectivity index (χ3n) is 4.01. The lowest BCUT2D eigenvalue weighted by Gasteiger charge is -2.38. The van der Waals surface area contributed by atoms with E-state index in [0.717, 1.165) is 24.6 Å². The molecule has 1 aliphatic rings. The summed E-state index contributed by atoms with van der Waals surface area (Å²) < 4.78 is 19.2. The number of benzene rings is 1. The molecule has 136 valence electrons. The molecule has 0 spiro atoms. The first-order valence-electron chi connectivity index (χ1n) is 8.04. The highest BCUT2D eigenvalue weighted by atomic mass is 127. The molecule has 4 nitrogen and oxygen atoms in total. The van der Waals surface area contributed by atoms with Gasteiger partial charge in [-0.2, -0.15) is 0 Å². The first-order valence-corrected chi connectivity index (χ1v) is 8.92. The Bertz CT molecular complexity index is 678. The summed E-state index contributed by atoms with van der Waals surface area (Å²) in [6, 6.07) is 10.7. The van der Waals surface area contributed by atoms with E-state index in [1.165, 1.54) is 17.0 Å². The van der Waals surface area contributed by atoms with Crippen molar-refractivity contribution in [2.24, 2.45) is 4.99 Å². The first kappa shape index (κ1) is 20.1. The molecule has 1 saturated heterocycles. The van der Waals surface area contributed by atoms with Crippen LogP contribution in [-0.2, 0) is 11.3 Å². The van der Waals surface area contributed by atoms with E-state index in [0.29, 0.717) is 6.54 Å². The number of aliphatic imine (C=N–C) groups is 1. The number of rotatable bonds is 3. The normalized spacial score (nSPS) is 20.9. The summed E-state index contributed by atoms with van der Waals surface area (Å²) >= 11 is 1.73. The number of morpholine rings is 1. The topological polar surface area (TPSA) is 36.9 Å². The Labute approximate surface area is 169 Å². The van der Waals surface area contributed by atoms with E-state index in [1.54, 1.807) is 30.5 Å². The molecule has 1 fully saturated rings. The predicted molar refractivity (Wildman–Crippen MR) is 111 cm³/mol. The van der Waals surface area contributed by atoms with Crippen LogP contribution in [0.2, 0.25) is 0 Å². The molecular formula is C18H23FIN3OS. The zero-order valence-corrected chi connectivity index (χ0v) is 17.5. The van der Waals surface area contributed by atoms with Gasteiger partial charge in [0.2, 0.25) is 0 Å².